The first-order chi connectivity index (χ1) is 11.0. The number of halogens is 3. The number of nitrogens with zero attached hydrogens (tertiary/aromatic N) is 7. The minimum Gasteiger partial charge on any atom is -0.258 e. The molecule has 2 aromatic rings. The summed E-state index contributed by atoms with van der Waals surface area (Å²) in [6, 6.07) is -1.19. The molecule has 0 radical (unpaired) electrons. The van der Waals surface area contributed by atoms with E-state index in [0.29, 0.717) is 12.5 Å². The van der Waals surface area contributed by atoms with Crippen LogP contribution in [0.3, 0.4) is 0 Å². The highest BCUT2D eigenvalue weighted by molar-refractivity contribution is 5.24. The van der Waals surface area contributed by atoms with Gasteiger partial charge in [0.15, 0.2) is 5.82 Å². The zero-order valence-electron chi connectivity index (χ0n) is 11.7. The summed E-state index contributed by atoms with van der Waals surface area (Å²) < 4.78 is 41.4. The molecule has 0 amide bonds. The Morgan fingerprint density at radius 1 is 1.43 bits per heavy atom. The minimum atomic E-state index is -2.74. The third kappa shape index (κ3) is 3.29. The molecule has 9 nitrogen and oxygen atoms in total. The lowest BCUT2D eigenvalue weighted by Crippen LogP contribution is -2.21. The number of rotatable bonds is 7. The number of nitro groups is 1. The van der Waals surface area contributed by atoms with Gasteiger partial charge in [-0.25, -0.2) is 13.5 Å². The van der Waals surface area contributed by atoms with E-state index in [0.717, 1.165) is 23.7 Å². The van der Waals surface area contributed by atoms with Crippen LogP contribution in [0.2, 0.25) is 0 Å². The highest BCUT2D eigenvalue weighted by atomic mass is 19.3. The van der Waals surface area contributed by atoms with Crippen LogP contribution in [-0.4, -0.2) is 41.3 Å². The molecule has 0 bridgehead atoms. The maximum atomic E-state index is 13.5. The summed E-state index contributed by atoms with van der Waals surface area (Å²) in [6.07, 6.45) is -0.694. The molecule has 2 aromatic heterocycles. The third-order valence-corrected chi connectivity index (χ3v) is 3.57. The Labute approximate surface area is 127 Å². The lowest BCUT2D eigenvalue weighted by molar-refractivity contribution is -0.387. The monoisotopic (exact) mass is 331 g/mol. The number of alkyl halides is 2. The van der Waals surface area contributed by atoms with Crippen molar-refractivity contribution < 1.29 is 18.1 Å². The highest BCUT2D eigenvalue weighted by Crippen LogP contribution is 2.32. The van der Waals surface area contributed by atoms with Crippen molar-refractivity contribution >= 4 is 5.69 Å². The van der Waals surface area contributed by atoms with E-state index in [2.05, 4.69) is 20.6 Å². The summed E-state index contributed by atoms with van der Waals surface area (Å²) in [5.74, 6) is -0.877. The third-order valence-electron chi connectivity index (χ3n) is 3.57. The van der Waals surface area contributed by atoms with Gasteiger partial charge in [0.25, 0.3) is 0 Å². The lowest BCUT2D eigenvalue weighted by atomic mass is 10.2. The Morgan fingerprint density at radius 3 is 2.74 bits per heavy atom. The van der Waals surface area contributed by atoms with Crippen LogP contribution < -0.4 is 0 Å². The Kier molecular flexibility index (Phi) is 3.96. The van der Waals surface area contributed by atoms with Crippen molar-refractivity contribution in [3.63, 3.8) is 0 Å². The van der Waals surface area contributed by atoms with Gasteiger partial charge in [-0.05, 0) is 29.2 Å². The molecule has 12 heteroatoms. The van der Waals surface area contributed by atoms with Crippen molar-refractivity contribution in [3.05, 3.63) is 28.1 Å². The Balaban J connectivity index is 1.96. The zero-order chi connectivity index (χ0) is 16.6. The minimum absolute atomic E-state index is 0.0783. The lowest BCUT2D eigenvalue weighted by Gasteiger charge is -2.16. The first-order valence-electron chi connectivity index (χ1n) is 6.89. The first kappa shape index (κ1) is 15.4. The molecule has 3 rings (SSSR count). The molecule has 1 fully saturated rings. The predicted octanol–water partition coefficient (Wildman–Crippen LogP) is 1.57. The standard InChI is InChI=1S/C11H12F3N7O2/c12-9(13)3-7(19-5-8(21(22)23)10(14)16-19)11-15-17-18-20(11)4-6-1-2-6/h5-7,9H,1-4H2. The second-order valence-electron chi connectivity index (χ2n) is 5.35. The molecule has 0 aliphatic heterocycles. The van der Waals surface area contributed by atoms with Gasteiger partial charge in [-0.1, -0.05) is 0 Å². The highest BCUT2D eigenvalue weighted by Gasteiger charge is 2.31. The molecule has 1 atom stereocenters. The smallest absolute Gasteiger partial charge is 0.258 e. The molecule has 2 heterocycles. The predicted molar refractivity (Wildman–Crippen MR) is 68.1 cm³/mol. The quantitative estimate of drug-likeness (QED) is 0.563. The van der Waals surface area contributed by atoms with E-state index in [1.165, 1.54) is 4.68 Å². The summed E-state index contributed by atoms with van der Waals surface area (Å²) >= 11 is 0. The van der Waals surface area contributed by atoms with E-state index >= 15 is 0 Å². The molecule has 1 aliphatic carbocycles. The fourth-order valence-electron chi connectivity index (χ4n) is 2.27. The van der Waals surface area contributed by atoms with E-state index in [1.54, 1.807) is 0 Å². The SMILES string of the molecule is O=[N+]([O-])c1cn(C(CC(F)F)c2nnnn2CC2CC2)nc1F. The first-order valence-corrected chi connectivity index (χ1v) is 6.89. The van der Waals surface area contributed by atoms with E-state index in [-0.39, 0.29) is 5.82 Å². The van der Waals surface area contributed by atoms with Crippen LogP contribution in [0.15, 0.2) is 6.20 Å². The number of aromatic nitrogens is 6. The van der Waals surface area contributed by atoms with E-state index in [4.69, 9.17) is 0 Å². The van der Waals surface area contributed by atoms with Crippen LogP contribution in [0.4, 0.5) is 18.9 Å². The van der Waals surface area contributed by atoms with Crippen molar-refractivity contribution in [2.24, 2.45) is 5.92 Å². The van der Waals surface area contributed by atoms with Gasteiger partial charge in [0.1, 0.15) is 12.2 Å². The van der Waals surface area contributed by atoms with Crippen LogP contribution in [-0.2, 0) is 6.54 Å². The fourth-order valence-corrected chi connectivity index (χ4v) is 2.27. The van der Waals surface area contributed by atoms with Crippen molar-refractivity contribution in [2.75, 3.05) is 0 Å². The molecule has 0 spiro atoms. The Morgan fingerprint density at radius 2 is 2.17 bits per heavy atom. The largest absolute Gasteiger partial charge is 0.343 e. The maximum absolute atomic E-state index is 13.5. The second-order valence-corrected chi connectivity index (χ2v) is 5.35. The van der Waals surface area contributed by atoms with Crippen LogP contribution >= 0.6 is 0 Å². The van der Waals surface area contributed by atoms with E-state index < -0.39 is 35.4 Å². The van der Waals surface area contributed by atoms with Crippen LogP contribution in [0.25, 0.3) is 0 Å². The van der Waals surface area contributed by atoms with Crippen molar-refractivity contribution in [1.82, 2.24) is 30.0 Å². The van der Waals surface area contributed by atoms with Crippen molar-refractivity contribution in [3.8, 4) is 0 Å². The zero-order valence-corrected chi connectivity index (χ0v) is 11.7. The molecular weight excluding hydrogens is 319 g/mol. The molecule has 23 heavy (non-hydrogen) atoms. The second kappa shape index (κ2) is 5.93. The summed E-state index contributed by atoms with van der Waals surface area (Å²) in [4.78, 5) is 9.74. The number of tetrazole rings is 1. The van der Waals surface area contributed by atoms with Gasteiger partial charge in [0, 0.05) is 13.0 Å². The molecule has 124 valence electrons. The van der Waals surface area contributed by atoms with Crippen molar-refractivity contribution in [1.29, 1.82) is 0 Å². The van der Waals surface area contributed by atoms with Crippen LogP contribution in [0.5, 0.6) is 0 Å². The molecule has 0 saturated heterocycles. The van der Waals surface area contributed by atoms with Gasteiger partial charge in [-0.15, -0.1) is 10.2 Å². The average Bonchev–Trinajstić information content (AvgIpc) is 3.02. The summed E-state index contributed by atoms with van der Waals surface area (Å²) in [5.41, 5.74) is -0.884. The Hall–Kier alpha value is -2.53. The molecule has 0 aromatic carbocycles. The molecule has 1 unspecified atom stereocenters. The van der Waals surface area contributed by atoms with Gasteiger partial charge in [-0.2, -0.15) is 4.39 Å². The summed E-state index contributed by atoms with van der Waals surface area (Å²) in [6.45, 7) is 0.466. The van der Waals surface area contributed by atoms with Crippen LogP contribution in [0, 0.1) is 22.0 Å². The molecule has 0 N–H and O–H groups in total. The van der Waals surface area contributed by atoms with Gasteiger partial charge >= 0.3 is 11.6 Å². The van der Waals surface area contributed by atoms with Crippen LogP contribution in [0.1, 0.15) is 31.1 Å². The van der Waals surface area contributed by atoms with Gasteiger partial charge in [-0.3, -0.25) is 14.8 Å². The Bertz CT molecular complexity index is 712. The van der Waals surface area contributed by atoms with Gasteiger partial charge in [0.2, 0.25) is 6.43 Å². The maximum Gasteiger partial charge on any atom is 0.343 e. The average molecular weight is 331 g/mol. The van der Waals surface area contributed by atoms with E-state index in [1.807, 2.05) is 0 Å². The van der Waals surface area contributed by atoms with Gasteiger partial charge in [0.05, 0.1) is 4.92 Å². The summed E-state index contributed by atoms with van der Waals surface area (Å²) in [5, 5.41) is 25.0. The molecular formula is C11H12F3N7O2. The van der Waals surface area contributed by atoms with Crippen molar-refractivity contribution in [2.45, 2.75) is 38.3 Å². The number of hydrogen-bond donors (Lipinski definition) is 0. The molecule has 1 aliphatic rings. The summed E-state index contributed by atoms with van der Waals surface area (Å²) in [7, 11) is 0. The van der Waals surface area contributed by atoms with Gasteiger partial charge < -0.3 is 0 Å². The van der Waals surface area contributed by atoms with E-state index in [9.17, 15) is 23.3 Å². The molecule has 1 saturated carbocycles. The normalized spacial score (nSPS) is 16.0. The fraction of sp³-hybridized carbons (Fsp3) is 0.636. The number of hydrogen-bond acceptors (Lipinski definition) is 6. The topological polar surface area (TPSA) is 105 Å².